The molecule has 1 aliphatic carbocycles. The maximum absolute atomic E-state index is 2.43. The third-order valence-corrected chi connectivity index (χ3v) is 4.78. The molecule has 0 N–H and O–H groups in total. The average Bonchev–Trinajstić information content (AvgIpc) is 2.71. The van der Waals surface area contributed by atoms with Crippen LogP contribution in [0.4, 0.5) is 0 Å². The van der Waals surface area contributed by atoms with E-state index in [-0.39, 0.29) is 5.41 Å². The summed E-state index contributed by atoms with van der Waals surface area (Å²) < 4.78 is 0. The van der Waals surface area contributed by atoms with Gasteiger partial charge in [-0.2, -0.15) is 0 Å². The normalized spacial score (nSPS) is 14.9. The Labute approximate surface area is 122 Å². The fraction of sp³-hybridized carbons (Fsp3) is 0.400. The van der Waals surface area contributed by atoms with Gasteiger partial charge in [0.15, 0.2) is 0 Å². The van der Waals surface area contributed by atoms with Crippen molar-refractivity contribution in [3.63, 3.8) is 0 Å². The predicted molar refractivity (Wildman–Crippen MR) is 87.2 cm³/mol. The summed E-state index contributed by atoms with van der Waals surface area (Å²) in [4.78, 5) is 0. The van der Waals surface area contributed by atoms with Crippen molar-refractivity contribution in [3.05, 3.63) is 59.2 Å². The quantitative estimate of drug-likeness (QED) is 0.648. The van der Waals surface area contributed by atoms with Crippen molar-refractivity contribution in [1.29, 1.82) is 0 Å². The van der Waals surface area contributed by atoms with Crippen LogP contribution in [0.2, 0.25) is 0 Å². The third-order valence-electron chi connectivity index (χ3n) is 4.78. The van der Waals surface area contributed by atoms with E-state index in [1.54, 1.807) is 11.1 Å². The van der Waals surface area contributed by atoms with Crippen LogP contribution in [0.25, 0.3) is 11.1 Å². The van der Waals surface area contributed by atoms with Gasteiger partial charge in [0, 0.05) is 5.41 Å². The molecule has 2 aromatic carbocycles. The van der Waals surface area contributed by atoms with Gasteiger partial charge in [0.1, 0.15) is 0 Å². The summed E-state index contributed by atoms with van der Waals surface area (Å²) in [6, 6.07) is 16.1. The van der Waals surface area contributed by atoms with Crippen molar-refractivity contribution in [1.82, 2.24) is 0 Å². The Balaban J connectivity index is 2.30. The molecule has 0 heteroatoms. The fourth-order valence-electron chi connectivity index (χ4n) is 4.09. The Morgan fingerprint density at radius 2 is 1.45 bits per heavy atom. The largest absolute Gasteiger partial charge is 0.0653 e. The average molecular weight is 264 g/mol. The number of rotatable bonds is 4. The number of aryl methyl sites for hydroxylation is 1. The van der Waals surface area contributed by atoms with Crippen LogP contribution in [0.5, 0.6) is 0 Å². The highest BCUT2D eigenvalue weighted by atomic mass is 14.4. The molecule has 0 spiro atoms. The van der Waals surface area contributed by atoms with E-state index >= 15 is 0 Å². The Hall–Kier alpha value is -1.56. The van der Waals surface area contributed by atoms with Crippen LogP contribution in [0.1, 0.15) is 56.2 Å². The summed E-state index contributed by atoms with van der Waals surface area (Å²) in [7, 11) is 0. The minimum atomic E-state index is 0.251. The molecule has 0 aromatic heterocycles. The number of benzene rings is 2. The van der Waals surface area contributed by atoms with Crippen molar-refractivity contribution >= 4 is 0 Å². The zero-order valence-corrected chi connectivity index (χ0v) is 12.9. The van der Waals surface area contributed by atoms with E-state index in [2.05, 4.69) is 63.2 Å². The van der Waals surface area contributed by atoms with Gasteiger partial charge in [0.05, 0.1) is 0 Å². The summed E-state index contributed by atoms with van der Waals surface area (Å²) in [5.41, 5.74) is 7.69. The van der Waals surface area contributed by atoms with Crippen LogP contribution in [0.3, 0.4) is 0 Å². The van der Waals surface area contributed by atoms with Crippen molar-refractivity contribution in [3.8, 4) is 11.1 Å². The summed E-state index contributed by atoms with van der Waals surface area (Å²) in [6.45, 7) is 6.84. The minimum absolute atomic E-state index is 0.251. The van der Waals surface area contributed by atoms with E-state index in [0.29, 0.717) is 0 Å². The molecule has 0 aliphatic heterocycles. The van der Waals surface area contributed by atoms with E-state index in [1.807, 2.05) is 0 Å². The highest BCUT2D eigenvalue weighted by molar-refractivity contribution is 5.81. The molecular formula is C20H24. The van der Waals surface area contributed by atoms with Crippen LogP contribution in [0.15, 0.2) is 42.5 Å². The number of hydrogen-bond acceptors (Lipinski definition) is 0. The van der Waals surface area contributed by atoms with Gasteiger partial charge < -0.3 is 0 Å². The molecule has 3 rings (SSSR count). The topological polar surface area (TPSA) is 0 Å². The molecule has 0 saturated heterocycles. The van der Waals surface area contributed by atoms with Crippen LogP contribution in [0, 0.1) is 6.92 Å². The van der Waals surface area contributed by atoms with Gasteiger partial charge in [0.2, 0.25) is 0 Å². The molecule has 104 valence electrons. The van der Waals surface area contributed by atoms with Gasteiger partial charge in [-0.15, -0.1) is 0 Å². The van der Waals surface area contributed by atoms with E-state index in [4.69, 9.17) is 0 Å². The van der Waals surface area contributed by atoms with E-state index in [0.717, 1.165) is 0 Å². The highest BCUT2D eigenvalue weighted by Gasteiger charge is 2.41. The SMILES string of the molecule is CCCC1(CCC)c2ccccc2-c2ccc(C)cc21. The lowest BCUT2D eigenvalue weighted by molar-refractivity contribution is 0.435. The zero-order chi connectivity index (χ0) is 14.2. The second-order valence-electron chi connectivity index (χ2n) is 6.18. The Kier molecular flexibility index (Phi) is 3.41. The first-order valence-corrected chi connectivity index (χ1v) is 7.94. The van der Waals surface area contributed by atoms with E-state index < -0.39 is 0 Å². The van der Waals surface area contributed by atoms with Gasteiger partial charge in [-0.25, -0.2) is 0 Å². The van der Waals surface area contributed by atoms with Gasteiger partial charge in [0.25, 0.3) is 0 Å². The Morgan fingerprint density at radius 3 is 2.15 bits per heavy atom. The van der Waals surface area contributed by atoms with Gasteiger partial charge >= 0.3 is 0 Å². The molecule has 1 aliphatic rings. The van der Waals surface area contributed by atoms with E-state index in [9.17, 15) is 0 Å². The van der Waals surface area contributed by atoms with Crippen LogP contribution >= 0.6 is 0 Å². The van der Waals surface area contributed by atoms with E-state index in [1.165, 1.54) is 42.4 Å². The number of fused-ring (bicyclic) bond motifs is 3. The second kappa shape index (κ2) is 5.09. The van der Waals surface area contributed by atoms with Crippen LogP contribution < -0.4 is 0 Å². The minimum Gasteiger partial charge on any atom is -0.0653 e. The fourth-order valence-corrected chi connectivity index (χ4v) is 4.09. The Bertz CT molecular complexity index is 616. The first-order valence-electron chi connectivity index (χ1n) is 7.94. The summed E-state index contributed by atoms with van der Waals surface area (Å²) in [5, 5.41) is 0. The lowest BCUT2D eigenvalue weighted by atomic mass is 9.71. The van der Waals surface area contributed by atoms with Crippen molar-refractivity contribution in [2.24, 2.45) is 0 Å². The van der Waals surface area contributed by atoms with Crippen LogP contribution in [-0.4, -0.2) is 0 Å². The third kappa shape index (κ3) is 1.82. The van der Waals surface area contributed by atoms with Gasteiger partial charge in [-0.05, 0) is 42.0 Å². The smallest absolute Gasteiger partial charge is 0.0215 e. The standard InChI is InChI=1S/C20H24/c1-4-12-20(13-5-2)18-9-7-6-8-16(18)17-11-10-15(3)14-19(17)20/h6-11,14H,4-5,12-13H2,1-3H3. The lowest BCUT2D eigenvalue weighted by Gasteiger charge is -2.32. The predicted octanol–water partition coefficient (Wildman–Crippen LogP) is 5.86. The first kappa shape index (κ1) is 13.4. The maximum atomic E-state index is 2.43. The zero-order valence-electron chi connectivity index (χ0n) is 12.9. The Morgan fingerprint density at radius 1 is 0.800 bits per heavy atom. The monoisotopic (exact) mass is 264 g/mol. The van der Waals surface area contributed by atoms with Crippen molar-refractivity contribution in [2.75, 3.05) is 0 Å². The molecule has 0 saturated carbocycles. The molecule has 0 nitrogen and oxygen atoms in total. The summed E-state index contributed by atoms with van der Waals surface area (Å²) >= 11 is 0. The highest BCUT2D eigenvalue weighted by Crippen LogP contribution is 2.53. The van der Waals surface area contributed by atoms with Crippen molar-refractivity contribution < 1.29 is 0 Å². The molecule has 2 aromatic rings. The van der Waals surface area contributed by atoms with Crippen LogP contribution in [-0.2, 0) is 5.41 Å². The molecule has 0 radical (unpaired) electrons. The van der Waals surface area contributed by atoms with Gasteiger partial charge in [-0.1, -0.05) is 74.7 Å². The molecular weight excluding hydrogens is 240 g/mol. The second-order valence-corrected chi connectivity index (χ2v) is 6.18. The molecule has 0 bridgehead atoms. The van der Waals surface area contributed by atoms with Gasteiger partial charge in [-0.3, -0.25) is 0 Å². The van der Waals surface area contributed by atoms with Crippen molar-refractivity contribution in [2.45, 2.75) is 51.9 Å². The molecule has 0 amide bonds. The first-order chi connectivity index (χ1) is 9.73. The molecule has 0 atom stereocenters. The number of hydrogen-bond donors (Lipinski definition) is 0. The summed E-state index contributed by atoms with van der Waals surface area (Å²) in [5.74, 6) is 0. The lowest BCUT2D eigenvalue weighted by Crippen LogP contribution is -2.25. The molecule has 0 heterocycles. The summed E-state index contributed by atoms with van der Waals surface area (Å²) in [6.07, 6.45) is 4.99. The molecule has 20 heavy (non-hydrogen) atoms. The maximum Gasteiger partial charge on any atom is 0.0215 e. The molecule has 0 unspecified atom stereocenters. The molecule has 0 fully saturated rings.